The van der Waals surface area contributed by atoms with Crippen LogP contribution in [0.15, 0.2) is 0 Å². The molecule has 122 valence electrons. The molecule has 2 aliphatic heterocycles. The highest BCUT2D eigenvalue weighted by Crippen LogP contribution is 2.37. The summed E-state index contributed by atoms with van der Waals surface area (Å²) in [5, 5.41) is -0.126. The van der Waals surface area contributed by atoms with E-state index in [1.807, 2.05) is 0 Å². The molecule has 0 bridgehead atoms. The lowest BCUT2D eigenvalue weighted by Crippen LogP contribution is -2.44. The highest BCUT2D eigenvalue weighted by atomic mass is 32.2. The summed E-state index contributed by atoms with van der Waals surface area (Å²) in [6, 6.07) is 0. The Bertz CT molecular complexity index is 466. The van der Waals surface area contributed by atoms with Crippen LogP contribution >= 0.6 is 0 Å². The third-order valence-corrected chi connectivity index (χ3v) is 7.18. The fourth-order valence-electron chi connectivity index (χ4n) is 3.43. The van der Waals surface area contributed by atoms with Crippen LogP contribution in [0, 0.1) is 5.41 Å². The maximum atomic E-state index is 12.5. The second-order valence-electron chi connectivity index (χ2n) is 6.65. The standard InChI is InChI=1S/C14H26N2O4S/c1-19-8-6-15-5-4-14(10-15)11-16(7-9-20-12-14)21(17,18)13-2-3-13/h13H,2-12H2,1H3/t14-/m1/s1. The minimum Gasteiger partial charge on any atom is -0.383 e. The van der Waals surface area contributed by atoms with Crippen LogP contribution in [0.4, 0.5) is 0 Å². The molecule has 6 nitrogen and oxygen atoms in total. The van der Waals surface area contributed by atoms with Gasteiger partial charge in [0.1, 0.15) is 0 Å². The molecule has 0 amide bonds. The molecule has 7 heteroatoms. The molecule has 2 heterocycles. The Balaban J connectivity index is 1.68. The van der Waals surface area contributed by atoms with E-state index >= 15 is 0 Å². The number of methoxy groups -OCH3 is 1. The first kappa shape index (κ1) is 15.7. The van der Waals surface area contributed by atoms with Crippen LogP contribution in [0.3, 0.4) is 0 Å². The summed E-state index contributed by atoms with van der Waals surface area (Å²) in [7, 11) is -1.39. The maximum Gasteiger partial charge on any atom is 0.217 e. The Hall–Kier alpha value is -0.210. The van der Waals surface area contributed by atoms with Gasteiger partial charge in [0, 0.05) is 38.7 Å². The van der Waals surface area contributed by atoms with E-state index in [9.17, 15) is 8.42 Å². The molecule has 21 heavy (non-hydrogen) atoms. The lowest BCUT2D eigenvalue weighted by Gasteiger charge is -2.31. The van der Waals surface area contributed by atoms with Gasteiger partial charge >= 0.3 is 0 Å². The molecule has 1 saturated carbocycles. The van der Waals surface area contributed by atoms with Crippen molar-refractivity contribution in [3.63, 3.8) is 0 Å². The second kappa shape index (κ2) is 6.12. The lowest BCUT2D eigenvalue weighted by atomic mass is 9.88. The van der Waals surface area contributed by atoms with Crippen molar-refractivity contribution in [3.05, 3.63) is 0 Å². The number of hydrogen-bond acceptors (Lipinski definition) is 5. The SMILES string of the molecule is COCCN1CC[C@@]2(COCCN(S(=O)(=O)C3CC3)C2)C1. The largest absolute Gasteiger partial charge is 0.383 e. The van der Waals surface area contributed by atoms with Crippen LogP contribution < -0.4 is 0 Å². The van der Waals surface area contributed by atoms with Crippen molar-refractivity contribution in [2.75, 3.05) is 59.7 Å². The molecule has 0 aromatic carbocycles. The van der Waals surface area contributed by atoms with Gasteiger partial charge in [-0.05, 0) is 25.8 Å². The lowest BCUT2D eigenvalue weighted by molar-refractivity contribution is 0.0697. The number of hydrogen-bond donors (Lipinski definition) is 0. The molecule has 2 saturated heterocycles. The van der Waals surface area contributed by atoms with Crippen molar-refractivity contribution in [3.8, 4) is 0 Å². The summed E-state index contributed by atoms with van der Waals surface area (Å²) in [6.07, 6.45) is 2.66. The van der Waals surface area contributed by atoms with E-state index in [1.54, 1.807) is 11.4 Å². The first-order chi connectivity index (χ1) is 10.1. The van der Waals surface area contributed by atoms with E-state index in [-0.39, 0.29) is 10.7 Å². The molecule has 1 aliphatic carbocycles. The van der Waals surface area contributed by atoms with E-state index in [4.69, 9.17) is 9.47 Å². The molecular formula is C14H26N2O4S. The number of nitrogens with zero attached hydrogens (tertiary/aromatic N) is 2. The van der Waals surface area contributed by atoms with Crippen molar-refractivity contribution >= 4 is 10.0 Å². The molecular weight excluding hydrogens is 292 g/mol. The average molecular weight is 318 g/mol. The van der Waals surface area contributed by atoms with Gasteiger partial charge in [-0.2, -0.15) is 4.31 Å². The molecule has 0 radical (unpaired) electrons. The van der Waals surface area contributed by atoms with Gasteiger partial charge in [-0.3, -0.25) is 0 Å². The van der Waals surface area contributed by atoms with E-state index in [0.717, 1.165) is 45.5 Å². The topological polar surface area (TPSA) is 59.1 Å². The van der Waals surface area contributed by atoms with Crippen LogP contribution in [0.2, 0.25) is 0 Å². The highest BCUT2D eigenvalue weighted by Gasteiger charge is 2.47. The van der Waals surface area contributed by atoms with Gasteiger partial charge in [-0.1, -0.05) is 0 Å². The van der Waals surface area contributed by atoms with Gasteiger partial charge in [0.05, 0.1) is 25.1 Å². The predicted octanol–water partition coefficient (Wildman–Crippen LogP) is 0.149. The summed E-state index contributed by atoms with van der Waals surface area (Å²) in [6.45, 7) is 5.87. The molecule has 3 rings (SSSR count). The zero-order chi connectivity index (χ0) is 14.9. The van der Waals surface area contributed by atoms with Gasteiger partial charge in [0.2, 0.25) is 10.0 Å². The smallest absolute Gasteiger partial charge is 0.217 e. The van der Waals surface area contributed by atoms with Crippen LogP contribution in [-0.2, 0) is 19.5 Å². The second-order valence-corrected chi connectivity index (χ2v) is 8.86. The van der Waals surface area contributed by atoms with E-state index in [1.165, 1.54) is 0 Å². The van der Waals surface area contributed by atoms with Crippen LogP contribution in [0.25, 0.3) is 0 Å². The average Bonchev–Trinajstić information content (AvgIpc) is 3.25. The Morgan fingerprint density at radius 3 is 2.81 bits per heavy atom. The number of likely N-dealkylation sites (tertiary alicyclic amines) is 1. The highest BCUT2D eigenvalue weighted by molar-refractivity contribution is 7.90. The first-order valence-electron chi connectivity index (χ1n) is 7.84. The zero-order valence-electron chi connectivity index (χ0n) is 12.8. The molecule has 0 N–H and O–H groups in total. The molecule has 3 aliphatic rings. The molecule has 0 unspecified atom stereocenters. The molecule has 3 fully saturated rings. The molecule has 1 atom stereocenters. The van der Waals surface area contributed by atoms with Crippen molar-refractivity contribution in [1.29, 1.82) is 0 Å². The summed E-state index contributed by atoms with van der Waals surface area (Å²) in [4.78, 5) is 2.36. The fraction of sp³-hybridized carbons (Fsp3) is 1.00. The van der Waals surface area contributed by atoms with Crippen molar-refractivity contribution in [1.82, 2.24) is 9.21 Å². The van der Waals surface area contributed by atoms with Gasteiger partial charge in [0.15, 0.2) is 0 Å². The van der Waals surface area contributed by atoms with Crippen molar-refractivity contribution in [2.45, 2.75) is 24.5 Å². The Morgan fingerprint density at radius 2 is 2.10 bits per heavy atom. The minimum absolute atomic E-state index is 0.0355. The number of ether oxygens (including phenoxy) is 2. The third kappa shape index (κ3) is 3.42. The van der Waals surface area contributed by atoms with Gasteiger partial charge in [-0.25, -0.2) is 8.42 Å². The normalized spacial score (nSPS) is 32.6. The predicted molar refractivity (Wildman–Crippen MR) is 79.7 cm³/mol. The summed E-state index contributed by atoms with van der Waals surface area (Å²) >= 11 is 0. The Kier molecular flexibility index (Phi) is 4.57. The fourth-order valence-corrected chi connectivity index (χ4v) is 5.37. The quantitative estimate of drug-likeness (QED) is 0.722. The monoisotopic (exact) mass is 318 g/mol. The van der Waals surface area contributed by atoms with Gasteiger partial charge < -0.3 is 14.4 Å². The first-order valence-corrected chi connectivity index (χ1v) is 9.34. The van der Waals surface area contributed by atoms with Crippen LogP contribution in [-0.4, -0.2) is 82.5 Å². The summed E-state index contributed by atoms with van der Waals surface area (Å²) in [5.74, 6) is 0. The Morgan fingerprint density at radius 1 is 1.29 bits per heavy atom. The zero-order valence-corrected chi connectivity index (χ0v) is 13.6. The summed E-state index contributed by atoms with van der Waals surface area (Å²) in [5.41, 5.74) is -0.0355. The van der Waals surface area contributed by atoms with E-state index < -0.39 is 10.0 Å². The van der Waals surface area contributed by atoms with Crippen molar-refractivity contribution < 1.29 is 17.9 Å². The van der Waals surface area contributed by atoms with Crippen LogP contribution in [0.5, 0.6) is 0 Å². The number of rotatable bonds is 5. The van der Waals surface area contributed by atoms with Gasteiger partial charge in [0.25, 0.3) is 0 Å². The molecule has 1 spiro atoms. The molecule has 0 aromatic rings. The van der Waals surface area contributed by atoms with Gasteiger partial charge in [-0.15, -0.1) is 0 Å². The number of sulfonamides is 1. The Labute approximate surface area is 127 Å². The minimum atomic E-state index is -3.10. The maximum absolute atomic E-state index is 12.5. The third-order valence-electron chi connectivity index (χ3n) is 4.84. The van der Waals surface area contributed by atoms with E-state index in [2.05, 4.69) is 4.90 Å². The molecule has 0 aromatic heterocycles. The summed E-state index contributed by atoms with van der Waals surface area (Å²) < 4.78 is 37.7. The van der Waals surface area contributed by atoms with Crippen LogP contribution in [0.1, 0.15) is 19.3 Å². The van der Waals surface area contributed by atoms with Crippen molar-refractivity contribution in [2.24, 2.45) is 5.41 Å². The van der Waals surface area contributed by atoms with E-state index in [0.29, 0.717) is 26.3 Å².